The van der Waals surface area contributed by atoms with Crippen LogP contribution in [0.1, 0.15) is 23.2 Å². The van der Waals surface area contributed by atoms with Crippen molar-refractivity contribution >= 4 is 11.3 Å². The SMILES string of the molecule is CCNCC(Cc1cccc(OC)c1)Cc1csc(C)n1. The Hall–Kier alpha value is -1.39. The van der Waals surface area contributed by atoms with Crippen LogP contribution in [-0.2, 0) is 12.8 Å². The van der Waals surface area contributed by atoms with Crippen LogP contribution in [0.3, 0.4) is 0 Å². The number of hydrogen-bond donors (Lipinski definition) is 1. The Morgan fingerprint density at radius 2 is 2.19 bits per heavy atom. The third kappa shape index (κ3) is 5.14. The number of rotatable bonds is 8. The fourth-order valence-corrected chi connectivity index (χ4v) is 3.12. The lowest BCUT2D eigenvalue weighted by molar-refractivity contribution is 0.413. The van der Waals surface area contributed by atoms with Crippen LogP contribution < -0.4 is 10.1 Å². The molecule has 21 heavy (non-hydrogen) atoms. The molecule has 0 aliphatic carbocycles. The number of nitrogens with one attached hydrogen (secondary N) is 1. The lowest BCUT2D eigenvalue weighted by atomic mass is 9.94. The second kappa shape index (κ2) is 8.15. The van der Waals surface area contributed by atoms with E-state index >= 15 is 0 Å². The average molecular weight is 304 g/mol. The second-order valence-corrected chi connectivity index (χ2v) is 6.35. The monoisotopic (exact) mass is 304 g/mol. The van der Waals surface area contributed by atoms with Crippen LogP contribution in [0.5, 0.6) is 5.75 Å². The van der Waals surface area contributed by atoms with Gasteiger partial charge >= 0.3 is 0 Å². The molecule has 3 nitrogen and oxygen atoms in total. The van der Waals surface area contributed by atoms with Crippen molar-refractivity contribution in [2.75, 3.05) is 20.2 Å². The third-order valence-electron chi connectivity index (χ3n) is 3.51. The molecule has 1 N–H and O–H groups in total. The summed E-state index contributed by atoms with van der Waals surface area (Å²) in [5, 5.41) is 6.80. The normalized spacial score (nSPS) is 12.3. The van der Waals surface area contributed by atoms with Crippen LogP contribution in [0.15, 0.2) is 29.6 Å². The molecule has 0 bridgehead atoms. The molecular formula is C17H24N2OS. The molecule has 0 saturated heterocycles. The number of ether oxygens (including phenoxy) is 1. The summed E-state index contributed by atoms with van der Waals surface area (Å²) < 4.78 is 5.31. The highest BCUT2D eigenvalue weighted by atomic mass is 32.1. The molecular weight excluding hydrogens is 280 g/mol. The van der Waals surface area contributed by atoms with Gasteiger partial charge in [-0.1, -0.05) is 19.1 Å². The maximum absolute atomic E-state index is 5.31. The molecule has 1 unspecified atom stereocenters. The summed E-state index contributed by atoms with van der Waals surface area (Å²) >= 11 is 1.73. The molecule has 2 aromatic rings. The quantitative estimate of drug-likeness (QED) is 0.811. The molecule has 1 aromatic heterocycles. The zero-order chi connectivity index (χ0) is 15.1. The summed E-state index contributed by atoms with van der Waals surface area (Å²) in [6.07, 6.45) is 2.06. The van der Waals surface area contributed by atoms with E-state index < -0.39 is 0 Å². The van der Waals surface area contributed by atoms with E-state index in [4.69, 9.17) is 4.74 Å². The molecule has 2 rings (SSSR count). The Morgan fingerprint density at radius 3 is 2.86 bits per heavy atom. The van der Waals surface area contributed by atoms with Gasteiger partial charge in [0.1, 0.15) is 5.75 Å². The van der Waals surface area contributed by atoms with Crippen LogP contribution in [0, 0.1) is 12.8 Å². The van der Waals surface area contributed by atoms with Crippen LogP contribution in [0.4, 0.5) is 0 Å². The van der Waals surface area contributed by atoms with Crippen LogP contribution in [0.25, 0.3) is 0 Å². The first kappa shape index (κ1) is 16.0. The largest absolute Gasteiger partial charge is 0.497 e. The molecule has 1 atom stereocenters. The summed E-state index contributed by atoms with van der Waals surface area (Å²) in [5.41, 5.74) is 2.53. The highest BCUT2D eigenvalue weighted by Gasteiger charge is 2.13. The van der Waals surface area contributed by atoms with Gasteiger partial charge in [-0.05, 0) is 56.5 Å². The maximum atomic E-state index is 5.31. The summed E-state index contributed by atoms with van der Waals surface area (Å²) in [5.74, 6) is 1.48. The molecule has 0 spiro atoms. The van der Waals surface area contributed by atoms with E-state index in [1.165, 1.54) is 11.3 Å². The average Bonchev–Trinajstić information content (AvgIpc) is 2.90. The maximum Gasteiger partial charge on any atom is 0.119 e. The minimum absolute atomic E-state index is 0.554. The van der Waals surface area contributed by atoms with E-state index in [0.717, 1.165) is 36.7 Å². The number of nitrogens with zero attached hydrogens (tertiary/aromatic N) is 1. The molecule has 1 aromatic carbocycles. The summed E-state index contributed by atoms with van der Waals surface area (Å²) in [6.45, 7) is 6.24. The summed E-state index contributed by atoms with van der Waals surface area (Å²) in [7, 11) is 1.72. The van der Waals surface area contributed by atoms with Gasteiger partial charge in [0.15, 0.2) is 0 Å². The van der Waals surface area contributed by atoms with Crippen LogP contribution in [-0.4, -0.2) is 25.2 Å². The molecule has 0 aliphatic rings. The number of benzene rings is 1. The molecule has 1 heterocycles. The first-order valence-corrected chi connectivity index (χ1v) is 8.34. The van der Waals surface area contributed by atoms with Crippen molar-refractivity contribution in [1.82, 2.24) is 10.3 Å². The van der Waals surface area contributed by atoms with Crippen molar-refractivity contribution in [2.45, 2.75) is 26.7 Å². The summed E-state index contributed by atoms with van der Waals surface area (Å²) in [4.78, 5) is 4.60. The first-order chi connectivity index (χ1) is 10.2. The van der Waals surface area contributed by atoms with Gasteiger partial charge in [-0.15, -0.1) is 11.3 Å². The predicted molar refractivity (Wildman–Crippen MR) is 89.3 cm³/mol. The molecule has 0 aliphatic heterocycles. The highest BCUT2D eigenvalue weighted by molar-refractivity contribution is 7.09. The predicted octanol–water partition coefficient (Wildman–Crippen LogP) is 3.47. The molecule has 4 heteroatoms. The van der Waals surface area contributed by atoms with Gasteiger partial charge in [0.25, 0.3) is 0 Å². The Kier molecular flexibility index (Phi) is 6.21. The van der Waals surface area contributed by atoms with E-state index in [2.05, 4.69) is 47.7 Å². The Bertz CT molecular complexity index is 553. The van der Waals surface area contributed by atoms with Gasteiger partial charge in [0.05, 0.1) is 17.8 Å². The fourth-order valence-electron chi connectivity index (χ4n) is 2.50. The first-order valence-electron chi connectivity index (χ1n) is 7.46. The van der Waals surface area contributed by atoms with Crippen molar-refractivity contribution in [3.8, 4) is 5.75 Å². The topological polar surface area (TPSA) is 34.1 Å². The van der Waals surface area contributed by atoms with Gasteiger partial charge in [-0.3, -0.25) is 0 Å². The van der Waals surface area contributed by atoms with Crippen LogP contribution in [0.2, 0.25) is 0 Å². The lowest BCUT2D eigenvalue weighted by Crippen LogP contribution is -2.25. The van der Waals surface area contributed by atoms with Gasteiger partial charge in [0, 0.05) is 5.38 Å². The van der Waals surface area contributed by atoms with Crippen molar-refractivity contribution in [3.05, 3.63) is 45.9 Å². The van der Waals surface area contributed by atoms with E-state index in [-0.39, 0.29) is 0 Å². The minimum atomic E-state index is 0.554. The molecule has 0 fully saturated rings. The van der Waals surface area contributed by atoms with Gasteiger partial charge in [0.2, 0.25) is 0 Å². The Morgan fingerprint density at radius 1 is 1.33 bits per heavy atom. The zero-order valence-electron chi connectivity index (χ0n) is 13.1. The molecule has 0 saturated carbocycles. The number of aryl methyl sites for hydroxylation is 1. The number of thiazole rings is 1. The van der Waals surface area contributed by atoms with Crippen molar-refractivity contribution in [3.63, 3.8) is 0 Å². The minimum Gasteiger partial charge on any atom is -0.497 e. The van der Waals surface area contributed by atoms with Gasteiger partial charge in [-0.2, -0.15) is 0 Å². The number of aromatic nitrogens is 1. The van der Waals surface area contributed by atoms with E-state index in [9.17, 15) is 0 Å². The smallest absolute Gasteiger partial charge is 0.119 e. The number of methoxy groups -OCH3 is 1. The van der Waals surface area contributed by atoms with Crippen molar-refractivity contribution in [2.24, 2.45) is 5.92 Å². The number of hydrogen-bond acceptors (Lipinski definition) is 4. The van der Waals surface area contributed by atoms with Gasteiger partial charge < -0.3 is 10.1 Å². The lowest BCUT2D eigenvalue weighted by Gasteiger charge is -2.17. The standard InChI is InChI=1S/C17H24N2OS/c1-4-18-11-15(9-16-12-21-13(2)19-16)8-14-6-5-7-17(10-14)20-3/h5-7,10,12,15,18H,4,8-9,11H2,1-3H3. The molecule has 0 amide bonds. The Balaban J connectivity index is 2.04. The van der Waals surface area contributed by atoms with E-state index in [1.807, 2.05) is 6.07 Å². The third-order valence-corrected chi connectivity index (χ3v) is 4.33. The van der Waals surface area contributed by atoms with Crippen molar-refractivity contribution < 1.29 is 4.74 Å². The summed E-state index contributed by atoms with van der Waals surface area (Å²) in [6, 6.07) is 8.36. The Labute approximate surface area is 131 Å². The molecule has 114 valence electrons. The van der Waals surface area contributed by atoms with Crippen molar-refractivity contribution in [1.29, 1.82) is 0 Å². The zero-order valence-corrected chi connectivity index (χ0v) is 13.9. The van der Waals surface area contributed by atoms with E-state index in [0.29, 0.717) is 5.92 Å². The van der Waals surface area contributed by atoms with Crippen LogP contribution >= 0.6 is 11.3 Å². The fraction of sp³-hybridized carbons (Fsp3) is 0.471. The highest BCUT2D eigenvalue weighted by Crippen LogP contribution is 2.19. The molecule has 0 radical (unpaired) electrons. The van der Waals surface area contributed by atoms with Gasteiger partial charge in [-0.25, -0.2) is 4.98 Å². The second-order valence-electron chi connectivity index (χ2n) is 5.29. The van der Waals surface area contributed by atoms with E-state index in [1.54, 1.807) is 18.4 Å².